The number of hydrogen-bond acceptors (Lipinski definition) is 5. The summed E-state index contributed by atoms with van der Waals surface area (Å²) in [6, 6.07) is 1.02. The highest BCUT2D eigenvalue weighted by Gasteiger charge is 2.34. The number of anilines is 1. The van der Waals surface area contributed by atoms with E-state index < -0.39 is 33.6 Å². The third-order valence-corrected chi connectivity index (χ3v) is 6.99. The highest BCUT2D eigenvalue weighted by atomic mass is 32.2. The first-order valence-corrected chi connectivity index (χ1v) is 11.0. The molecule has 1 atom stereocenters. The van der Waals surface area contributed by atoms with Crippen molar-refractivity contribution in [3.05, 3.63) is 39.4 Å². The molecular weight excluding hydrogens is 417 g/mol. The fourth-order valence-electron chi connectivity index (χ4n) is 4.19. The summed E-state index contributed by atoms with van der Waals surface area (Å²) in [6.07, 6.45) is 3.00. The van der Waals surface area contributed by atoms with Crippen LogP contribution in [-0.4, -0.2) is 58.6 Å². The fraction of sp³-hybridized carbons (Fsp3) is 0.474. The Morgan fingerprint density at radius 3 is 2.47 bits per heavy atom. The van der Waals surface area contributed by atoms with Crippen LogP contribution in [0.2, 0.25) is 0 Å². The topological polar surface area (TPSA) is 120 Å². The third-order valence-electron chi connectivity index (χ3n) is 5.85. The molecule has 1 aromatic heterocycles. The van der Waals surface area contributed by atoms with Crippen molar-refractivity contribution in [2.45, 2.75) is 38.8 Å². The molecule has 9 nitrogen and oxygen atoms in total. The number of halogens is 1. The van der Waals surface area contributed by atoms with Gasteiger partial charge in [-0.15, -0.1) is 0 Å². The summed E-state index contributed by atoms with van der Waals surface area (Å²) < 4.78 is 50.3. The van der Waals surface area contributed by atoms with E-state index in [1.54, 1.807) is 22.5 Å². The van der Waals surface area contributed by atoms with E-state index in [1.807, 2.05) is 0 Å². The quantitative estimate of drug-likeness (QED) is 0.697. The lowest BCUT2D eigenvalue weighted by Crippen LogP contribution is -2.54. The number of hydrogen-bond donors (Lipinski definition) is 2. The predicted octanol–water partition coefficient (Wildman–Crippen LogP) is 1.80. The second-order valence-corrected chi connectivity index (χ2v) is 9.29. The molecule has 0 radical (unpaired) electrons. The zero-order valence-electron chi connectivity index (χ0n) is 16.5. The fourth-order valence-corrected chi connectivity index (χ4v) is 5.02. The van der Waals surface area contributed by atoms with Crippen LogP contribution in [0, 0.1) is 12.7 Å². The Kier molecular flexibility index (Phi) is 4.87. The maximum atomic E-state index is 15.3. The maximum Gasteiger partial charge on any atom is 0.341 e. The summed E-state index contributed by atoms with van der Waals surface area (Å²) in [5.74, 6) is -1.99. The lowest BCUT2D eigenvalue weighted by atomic mass is 10.0. The Morgan fingerprint density at radius 2 is 1.93 bits per heavy atom. The molecule has 0 spiro atoms. The number of carboxylic acids is 1. The zero-order chi connectivity index (χ0) is 22.0. The zero-order valence-corrected chi connectivity index (χ0v) is 17.3. The number of aryl methyl sites for hydroxylation is 1. The minimum Gasteiger partial charge on any atom is -0.477 e. The molecule has 11 heteroatoms. The van der Waals surface area contributed by atoms with Gasteiger partial charge in [0.25, 0.3) is 0 Å². The van der Waals surface area contributed by atoms with Gasteiger partial charge < -0.3 is 14.6 Å². The van der Waals surface area contributed by atoms with Gasteiger partial charge in [0.1, 0.15) is 11.4 Å². The van der Waals surface area contributed by atoms with Crippen molar-refractivity contribution in [1.29, 1.82) is 0 Å². The molecule has 1 aromatic carbocycles. The van der Waals surface area contributed by atoms with Crippen molar-refractivity contribution in [2.24, 2.45) is 0 Å². The van der Waals surface area contributed by atoms with Gasteiger partial charge in [0.15, 0.2) is 0 Å². The Labute approximate surface area is 172 Å². The number of aromatic nitrogens is 1. The Balaban J connectivity index is 1.86. The molecule has 2 fully saturated rings. The molecule has 4 rings (SSSR count). The van der Waals surface area contributed by atoms with Gasteiger partial charge in [-0.05, 0) is 32.8 Å². The molecule has 0 unspecified atom stereocenters. The van der Waals surface area contributed by atoms with Gasteiger partial charge in [-0.1, -0.05) is 0 Å². The van der Waals surface area contributed by atoms with Crippen molar-refractivity contribution in [3.63, 3.8) is 0 Å². The van der Waals surface area contributed by atoms with E-state index in [0.29, 0.717) is 5.52 Å². The van der Waals surface area contributed by atoms with Crippen molar-refractivity contribution in [1.82, 2.24) is 8.87 Å². The lowest BCUT2D eigenvalue weighted by molar-refractivity contribution is 0.0694. The van der Waals surface area contributed by atoms with Crippen molar-refractivity contribution in [3.8, 4) is 0 Å². The molecule has 1 aliphatic heterocycles. The molecule has 2 N–H and O–H groups in total. The van der Waals surface area contributed by atoms with E-state index in [1.165, 1.54) is 13.1 Å². The molecule has 1 saturated heterocycles. The summed E-state index contributed by atoms with van der Waals surface area (Å²) in [5, 5.41) is 9.45. The van der Waals surface area contributed by atoms with Gasteiger partial charge in [-0.25, -0.2) is 9.18 Å². The molecule has 2 aromatic rings. The van der Waals surface area contributed by atoms with Crippen LogP contribution in [0.15, 0.2) is 17.1 Å². The van der Waals surface area contributed by atoms with Crippen LogP contribution in [0.5, 0.6) is 0 Å². The normalized spacial score (nSPS) is 20.7. The molecular formula is C19H22FN3O6S. The summed E-state index contributed by atoms with van der Waals surface area (Å²) in [6.45, 7) is 3.37. The monoisotopic (exact) mass is 439 g/mol. The number of nitrogens with zero attached hydrogens (tertiary/aromatic N) is 3. The summed E-state index contributed by atoms with van der Waals surface area (Å²) in [7, 11) is -4.35. The number of carbonyl (C=O) groups is 1. The third kappa shape index (κ3) is 3.36. The lowest BCUT2D eigenvalue weighted by Gasteiger charge is -2.39. The molecule has 162 valence electrons. The number of rotatable bonds is 4. The summed E-state index contributed by atoms with van der Waals surface area (Å²) in [4.78, 5) is 26.0. The molecule has 0 amide bonds. The Bertz CT molecular complexity index is 1220. The largest absolute Gasteiger partial charge is 0.477 e. The van der Waals surface area contributed by atoms with E-state index in [9.17, 15) is 27.7 Å². The molecule has 2 aliphatic rings. The van der Waals surface area contributed by atoms with Crippen LogP contribution in [0.4, 0.5) is 10.1 Å². The SMILES string of the molecule is Cc1c(F)c(N2CCN(S(=O)(=O)O)[C@@H](C)C2)cc2c1c(=O)c(C(=O)O)cn2C1CC1. The van der Waals surface area contributed by atoms with Crippen LogP contribution < -0.4 is 10.3 Å². The van der Waals surface area contributed by atoms with Gasteiger partial charge in [0, 0.05) is 43.5 Å². The smallest absolute Gasteiger partial charge is 0.341 e. The van der Waals surface area contributed by atoms with E-state index in [0.717, 1.165) is 17.1 Å². The van der Waals surface area contributed by atoms with Crippen LogP contribution in [0.25, 0.3) is 10.9 Å². The van der Waals surface area contributed by atoms with Crippen LogP contribution in [-0.2, 0) is 10.3 Å². The predicted molar refractivity (Wildman–Crippen MR) is 108 cm³/mol. The number of aromatic carboxylic acids is 1. The van der Waals surface area contributed by atoms with Gasteiger partial charge in [-0.2, -0.15) is 12.7 Å². The maximum absolute atomic E-state index is 15.3. The molecule has 1 aliphatic carbocycles. The first kappa shape index (κ1) is 20.8. The average Bonchev–Trinajstić information content (AvgIpc) is 3.48. The highest BCUT2D eigenvalue weighted by Crippen LogP contribution is 2.39. The van der Waals surface area contributed by atoms with Crippen molar-refractivity contribution in [2.75, 3.05) is 24.5 Å². The van der Waals surface area contributed by atoms with E-state index >= 15 is 4.39 Å². The Morgan fingerprint density at radius 1 is 1.27 bits per heavy atom. The molecule has 0 bridgehead atoms. The second kappa shape index (κ2) is 7.03. The molecule has 30 heavy (non-hydrogen) atoms. The van der Waals surface area contributed by atoms with Crippen molar-refractivity contribution >= 4 is 32.9 Å². The number of carboxylic acid groups (broad SMARTS) is 1. The Hall–Kier alpha value is -2.50. The number of benzene rings is 1. The second-order valence-electron chi connectivity index (χ2n) is 7.93. The molecule has 2 heterocycles. The first-order chi connectivity index (χ1) is 14.0. The number of piperazine rings is 1. The van der Waals surface area contributed by atoms with Gasteiger partial charge >= 0.3 is 16.3 Å². The van der Waals surface area contributed by atoms with E-state index in [4.69, 9.17) is 0 Å². The number of fused-ring (bicyclic) bond motifs is 1. The van der Waals surface area contributed by atoms with Crippen LogP contribution >= 0.6 is 0 Å². The molecule has 1 saturated carbocycles. The summed E-state index contributed by atoms with van der Waals surface area (Å²) in [5.41, 5.74) is -0.359. The first-order valence-electron chi connectivity index (χ1n) is 9.61. The summed E-state index contributed by atoms with van der Waals surface area (Å²) >= 11 is 0. The highest BCUT2D eigenvalue weighted by molar-refractivity contribution is 7.83. The van der Waals surface area contributed by atoms with Crippen LogP contribution in [0.3, 0.4) is 0 Å². The van der Waals surface area contributed by atoms with Gasteiger partial charge in [0.05, 0.1) is 16.6 Å². The minimum absolute atomic E-state index is 0.0100. The van der Waals surface area contributed by atoms with Crippen LogP contribution in [0.1, 0.15) is 41.7 Å². The standard InChI is InChI=1S/C19H22FN3O6S/c1-10-8-21(5-6-23(10)30(27,28)29)15-7-14-16(11(2)17(15)20)18(24)13(19(25)26)9-22(14)12-3-4-12/h7,9-10,12H,3-6,8H2,1-2H3,(H,25,26)(H,27,28,29)/t10-/m0/s1. The van der Waals surface area contributed by atoms with Gasteiger partial charge in [0.2, 0.25) is 5.43 Å². The van der Waals surface area contributed by atoms with Gasteiger partial charge in [-0.3, -0.25) is 9.35 Å². The van der Waals surface area contributed by atoms with E-state index in [-0.39, 0.29) is 47.9 Å². The van der Waals surface area contributed by atoms with E-state index in [2.05, 4.69) is 0 Å². The average molecular weight is 439 g/mol. The number of pyridine rings is 1. The minimum atomic E-state index is -4.35. The van der Waals surface area contributed by atoms with Crippen molar-refractivity contribution < 1.29 is 27.3 Å².